The first-order valence-electron chi connectivity index (χ1n) is 11.8. The van der Waals surface area contributed by atoms with Crippen molar-refractivity contribution in [3.8, 4) is 0 Å². The van der Waals surface area contributed by atoms with Crippen LogP contribution in [0.25, 0.3) is 0 Å². The van der Waals surface area contributed by atoms with Gasteiger partial charge in [-0.2, -0.15) is 0 Å². The first kappa shape index (κ1) is 22.7. The number of carbonyl (C=O) groups is 2. The second-order valence-electron chi connectivity index (χ2n) is 9.14. The molecule has 1 aliphatic heterocycles. The molecular formula is C28H27FN2O2S. The average molecular weight is 475 g/mol. The van der Waals surface area contributed by atoms with E-state index in [0.29, 0.717) is 22.7 Å². The summed E-state index contributed by atoms with van der Waals surface area (Å²) in [4.78, 5) is 30.3. The third-order valence-electron chi connectivity index (χ3n) is 6.78. The summed E-state index contributed by atoms with van der Waals surface area (Å²) in [5.41, 5.74) is 2.67. The Morgan fingerprint density at radius 1 is 1.03 bits per heavy atom. The maximum absolute atomic E-state index is 13.6. The predicted octanol–water partition coefficient (Wildman–Crippen LogP) is 6.45. The summed E-state index contributed by atoms with van der Waals surface area (Å²) in [6.07, 6.45) is 4.47. The van der Waals surface area contributed by atoms with Crippen LogP contribution in [-0.2, 0) is 6.54 Å². The molecule has 2 atom stereocenters. The molecule has 2 aliphatic rings. The molecule has 0 spiro atoms. The highest BCUT2D eigenvalue weighted by Crippen LogP contribution is 2.42. The van der Waals surface area contributed by atoms with Crippen LogP contribution in [0.5, 0.6) is 0 Å². The number of anilines is 1. The van der Waals surface area contributed by atoms with Gasteiger partial charge < -0.3 is 10.2 Å². The van der Waals surface area contributed by atoms with E-state index < -0.39 is 0 Å². The highest BCUT2D eigenvalue weighted by Gasteiger charge is 2.29. The SMILES string of the molecule is C[C@H]1CCCC[C@H]1NC(=O)c1ccc2c(c1)N(Cc1ccc(F)cc1)C(=O)c1ccccc1S2. The predicted molar refractivity (Wildman–Crippen MR) is 133 cm³/mol. The summed E-state index contributed by atoms with van der Waals surface area (Å²) >= 11 is 1.53. The summed E-state index contributed by atoms with van der Waals surface area (Å²) in [6, 6.07) is 19.5. The lowest BCUT2D eigenvalue weighted by Gasteiger charge is -2.29. The lowest BCUT2D eigenvalue weighted by molar-refractivity contribution is 0.0908. The number of fused-ring (bicyclic) bond motifs is 2. The molecular weight excluding hydrogens is 447 g/mol. The second kappa shape index (κ2) is 9.63. The lowest BCUT2D eigenvalue weighted by Crippen LogP contribution is -2.41. The number of nitrogens with zero attached hydrogens (tertiary/aromatic N) is 1. The largest absolute Gasteiger partial charge is 0.349 e. The number of hydrogen-bond donors (Lipinski definition) is 1. The van der Waals surface area contributed by atoms with Gasteiger partial charge in [0.1, 0.15) is 5.82 Å². The van der Waals surface area contributed by atoms with Crippen LogP contribution in [0.1, 0.15) is 58.9 Å². The second-order valence-corrected chi connectivity index (χ2v) is 10.2. The Kier molecular flexibility index (Phi) is 6.42. The van der Waals surface area contributed by atoms with Gasteiger partial charge in [-0.1, -0.05) is 55.8 Å². The van der Waals surface area contributed by atoms with Gasteiger partial charge in [-0.3, -0.25) is 9.59 Å². The fraction of sp³-hybridized carbons (Fsp3) is 0.286. The minimum absolute atomic E-state index is 0.109. The summed E-state index contributed by atoms with van der Waals surface area (Å²) < 4.78 is 13.5. The van der Waals surface area contributed by atoms with Crippen LogP contribution in [0.3, 0.4) is 0 Å². The Labute approximate surface area is 203 Å². The van der Waals surface area contributed by atoms with E-state index in [4.69, 9.17) is 0 Å². The Morgan fingerprint density at radius 3 is 2.59 bits per heavy atom. The van der Waals surface area contributed by atoms with Crippen molar-refractivity contribution in [3.63, 3.8) is 0 Å². The van der Waals surface area contributed by atoms with Crippen molar-refractivity contribution in [2.24, 2.45) is 5.92 Å². The number of benzene rings is 3. The van der Waals surface area contributed by atoms with Crippen LogP contribution in [-0.4, -0.2) is 17.9 Å². The zero-order chi connectivity index (χ0) is 23.7. The van der Waals surface area contributed by atoms with E-state index in [2.05, 4.69) is 12.2 Å². The van der Waals surface area contributed by atoms with Crippen molar-refractivity contribution in [3.05, 3.63) is 89.2 Å². The van der Waals surface area contributed by atoms with Crippen LogP contribution in [0.2, 0.25) is 0 Å². The number of halogens is 1. The first-order valence-corrected chi connectivity index (χ1v) is 12.6. The molecule has 174 valence electrons. The molecule has 5 rings (SSSR count). The number of carbonyl (C=O) groups excluding carboxylic acids is 2. The molecule has 4 nitrogen and oxygen atoms in total. The molecule has 3 aromatic rings. The minimum atomic E-state index is -0.317. The molecule has 0 radical (unpaired) electrons. The van der Waals surface area contributed by atoms with E-state index in [1.165, 1.54) is 30.3 Å². The molecule has 34 heavy (non-hydrogen) atoms. The van der Waals surface area contributed by atoms with Gasteiger partial charge in [0.05, 0.1) is 17.8 Å². The van der Waals surface area contributed by atoms with Crippen molar-refractivity contribution in [2.75, 3.05) is 4.90 Å². The smallest absolute Gasteiger partial charge is 0.259 e. The average Bonchev–Trinajstić information content (AvgIpc) is 2.96. The highest BCUT2D eigenvalue weighted by molar-refractivity contribution is 7.99. The lowest BCUT2D eigenvalue weighted by atomic mass is 9.86. The van der Waals surface area contributed by atoms with Crippen molar-refractivity contribution in [1.82, 2.24) is 5.32 Å². The van der Waals surface area contributed by atoms with Gasteiger partial charge in [0, 0.05) is 21.4 Å². The molecule has 0 aromatic heterocycles. The van der Waals surface area contributed by atoms with Crippen LogP contribution in [0.4, 0.5) is 10.1 Å². The van der Waals surface area contributed by atoms with E-state index in [9.17, 15) is 14.0 Å². The van der Waals surface area contributed by atoms with Gasteiger partial charge in [0.25, 0.3) is 11.8 Å². The van der Waals surface area contributed by atoms with Gasteiger partial charge in [0.2, 0.25) is 0 Å². The van der Waals surface area contributed by atoms with Crippen molar-refractivity contribution >= 4 is 29.3 Å². The van der Waals surface area contributed by atoms with Crippen LogP contribution < -0.4 is 10.2 Å². The molecule has 1 N–H and O–H groups in total. The van der Waals surface area contributed by atoms with Gasteiger partial charge in [-0.15, -0.1) is 0 Å². The molecule has 0 saturated heterocycles. The number of nitrogens with one attached hydrogen (secondary N) is 1. The molecule has 6 heteroatoms. The van der Waals surface area contributed by atoms with Crippen molar-refractivity contribution in [1.29, 1.82) is 0 Å². The van der Waals surface area contributed by atoms with Crippen molar-refractivity contribution in [2.45, 2.75) is 55.0 Å². The number of hydrogen-bond acceptors (Lipinski definition) is 3. The van der Waals surface area contributed by atoms with E-state index in [1.54, 1.807) is 17.0 Å². The van der Waals surface area contributed by atoms with E-state index in [0.717, 1.165) is 34.6 Å². The topological polar surface area (TPSA) is 49.4 Å². The van der Waals surface area contributed by atoms with E-state index in [1.807, 2.05) is 42.5 Å². The molecule has 0 unspecified atom stereocenters. The highest BCUT2D eigenvalue weighted by atomic mass is 32.2. The third kappa shape index (κ3) is 4.60. The van der Waals surface area contributed by atoms with Gasteiger partial charge in [-0.05, 0) is 66.8 Å². The molecule has 1 saturated carbocycles. The van der Waals surface area contributed by atoms with Crippen LogP contribution in [0, 0.1) is 11.7 Å². The molecule has 1 aliphatic carbocycles. The number of amides is 2. The standard InChI is InChI=1S/C28H27FN2O2S/c1-18-6-2-4-8-23(18)30-27(32)20-12-15-26-24(16-20)31(17-19-10-13-21(29)14-11-19)28(33)22-7-3-5-9-25(22)34-26/h3,5,7,9-16,18,23H,2,4,6,8,17H2,1H3,(H,30,32)/t18-,23+/m0/s1. The summed E-state index contributed by atoms with van der Waals surface area (Å²) in [5, 5.41) is 3.22. The van der Waals surface area contributed by atoms with E-state index >= 15 is 0 Å². The normalized spacial score (nSPS) is 19.7. The van der Waals surface area contributed by atoms with Crippen LogP contribution >= 0.6 is 11.8 Å². The van der Waals surface area contributed by atoms with E-state index in [-0.39, 0.29) is 30.2 Å². The van der Waals surface area contributed by atoms with Gasteiger partial charge >= 0.3 is 0 Å². The summed E-state index contributed by atoms with van der Waals surface area (Å²) in [7, 11) is 0. The quantitative estimate of drug-likeness (QED) is 0.473. The minimum Gasteiger partial charge on any atom is -0.349 e. The molecule has 2 amide bonds. The monoisotopic (exact) mass is 474 g/mol. The Bertz CT molecular complexity index is 1230. The zero-order valence-corrected chi connectivity index (χ0v) is 19.9. The maximum atomic E-state index is 13.6. The Morgan fingerprint density at radius 2 is 1.79 bits per heavy atom. The molecule has 1 heterocycles. The Hall–Kier alpha value is -3.12. The fourth-order valence-corrected chi connectivity index (χ4v) is 5.83. The third-order valence-corrected chi connectivity index (χ3v) is 7.92. The summed E-state index contributed by atoms with van der Waals surface area (Å²) in [6.45, 7) is 2.48. The zero-order valence-electron chi connectivity index (χ0n) is 19.1. The van der Waals surface area contributed by atoms with Crippen molar-refractivity contribution < 1.29 is 14.0 Å². The Balaban J connectivity index is 1.51. The van der Waals surface area contributed by atoms with Crippen LogP contribution in [0.15, 0.2) is 76.5 Å². The fourth-order valence-electron chi connectivity index (χ4n) is 4.77. The summed E-state index contributed by atoms with van der Waals surface area (Å²) in [5.74, 6) is -0.101. The maximum Gasteiger partial charge on any atom is 0.259 e. The number of rotatable bonds is 4. The first-order chi connectivity index (χ1) is 16.5. The van der Waals surface area contributed by atoms with Gasteiger partial charge in [-0.25, -0.2) is 4.39 Å². The molecule has 0 bridgehead atoms. The van der Waals surface area contributed by atoms with Gasteiger partial charge in [0.15, 0.2) is 0 Å². The molecule has 3 aromatic carbocycles. The molecule has 1 fully saturated rings.